The second-order valence-corrected chi connectivity index (χ2v) is 7.31. The average molecular weight is 372 g/mol. The number of aliphatic hydroxyl groups excluding tert-OH is 1. The lowest BCUT2D eigenvalue weighted by molar-refractivity contribution is 0.0845. The first-order chi connectivity index (χ1) is 13.0. The molecule has 2 N–H and O–H groups in total. The van der Waals surface area contributed by atoms with E-state index in [0.29, 0.717) is 30.7 Å². The monoisotopic (exact) mass is 372 g/mol. The number of carbonyl (C=O) groups excluding carboxylic acids is 1. The molecule has 1 fully saturated rings. The van der Waals surface area contributed by atoms with Crippen LogP contribution in [-0.2, 0) is 11.8 Å². The van der Waals surface area contributed by atoms with Crippen molar-refractivity contribution in [3.63, 3.8) is 0 Å². The maximum atomic E-state index is 12.8. The van der Waals surface area contributed by atoms with Gasteiger partial charge in [0, 0.05) is 17.5 Å². The van der Waals surface area contributed by atoms with Crippen LogP contribution in [-0.4, -0.2) is 35.9 Å². The molecule has 1 aromatic carbocycles. The van der Waals surface area contributed by atoms with Crippen molar-refractivity contribution < 1.29 is 19.2 Å². The molecule has 0 spiro atoms. The highest BCUT2D eigenvalue weighted by molar-refractivity contribution is 5.96. The molecule has 3 rings (SSSR count). The number of aliphatic hydroxyl groups is 1. The van der Waals surface area contributed by atoms with Crippen LogP contribution in [0.2, 0.25) is 0 Å². The number of rotatable bonds is 6. The Morgan fingerprint density at radius 3 is 2.74 bits per heavy atom. The maximum absolute atomic E-state index is 12.8. The van der Waals surface area contributed by atoms with E-state index in [1.54, 1.807) is 19.2 Å². The van der Waals surface area contributed by atoms with Crippen molar-refractivity contribution in [3.8, 4) is 5.75 Å². The van der Waals surface area contributed by atoms with Gasteiger partial charge >= 0.3 is 0 Å². The first-order valence-electron chi connectivity index (χ1n) is 9.55. The Morgan fingerprint density at radius 1 is 1.37 bits per heavy atom. The lowest BCUT2D eigenvalue weighted by Crippen LogP contribution is -2.45. The fourth-order valence-electron chi connectivity index (χ4n) is 4.19. The second kappa shape index (κ2) is 8.13. The van der Waals surface area contributed by atoms with Crippen LogP contribution in [0.3, 0.4) is 0 Å². The third kappa shape index (κ3) is 3.86. The van der Waals surface area contributed by atoms with Crippen LogP contribution in [0.5, 0.6) is 5.75 Å². The van der Waals surface area contributed by atoms with Gasteiger partial charge in [-0.3, -0.25) is 4.79 Å². The van der Waals surface area contributed by atoms with Crippen LogP contribution in [0.25, 0.3) is 0 Å². The molecule has 1 amide bonds. The molecule has 27 heavy (non-hydrogen) atoms. The van der Waals surface area contributed by atoms with Gasteiger partial charge in [-0.15, -0.1) is 0 Å². The van der Waals surface area contributed by atoms with E-state index in [1.807, 2.05) is 19.1 Å². The van der Waals surface area contributed by atoms with E-state index in [4.69, 9.17) is 9.26 Å². The molecular formula is C21H28N2O4. The summed E-state index contributed by atoms with van der Waals surface area (Å²) in [6.07, 6.45) is 3.48. The molecule has 1 heterocycles. The van der Waals surface area contributed by atoms with Gasteiger partial charge in [0.1, 0.15) is 11.5 Å². The van der Waals surface area contributed by atoms with Gasteiger partial charge in [-0.05, 0) is 51.2 Å². The number of para-hydroxylation sites is 1. The zero-order chi connectivity index (χ0) is 19.4. The van der Waals surface area contributed by atoms with E-state index in [9.17, 15) is 9.90 Å². The molecule has 1 saturated carbocycles. The van der Waals surface area contributed by atoms with Crippen molar-refractivity contribution in [2.45, 2.75) is 57.5 Å². The number of nitrogens with zero attached hydrogens (tertiary/aromatic N) is 1. The van der Waals surface area contributed by atoms with E-state index in [0.717, 1.165) is 36.3 Å². The normalized spacial score (nSPS) is 22.4. The van der Waals surface area contributed by atoms with Gasteiger partial charge in [0.15, 0.2) is 0 Å². The van der Waals surface area contributed by atoms with Crippen molar-refractivity contribution in [3.05, 3.63) is 46.8 Å². The van der Waals surface area contributed by atoms with Gasteiger partial charge in [-0.25, -0.2) is 0 Å². The minimum atomic E-state index is -0.284. The van der Waals surface area contributed by atoms with Crippen LogP contribution in [0.4, 0.5) is 0 Å². The van der Waals surface area contributed by atoms with Gasteiger partial charge in [-0.2, -0.15) is 0 Å². The standard InChI is InChI=1S/C21H28N2O4/c1-4-17-19(14(2)27-23-17)21(11-9-15(24)10-12-21)13-22-20(25)16-7-5-6-8-18(16)26-3/h5-8,15,24H,4,9-13H2,1-3H3,(H,22,25). The Morgan fingerprint density at radius 2 is 2.07 bits per heavy atom. The first-order valence-corrected chi connectivity index (χ1v) is 9.55. The van der Waals surface area contributed by atoms with E-state index in [-0.39, 0.29) is 17.4 Å². The van der Waals surface area contributed by atoms with E-state index < -0.39 is 0 Å². The fourth-order valence-corrected chi connectivity index (χ4v) is 4.19. The average Bonchev–Trinajstić information content (AvgIpc) is 3.09. The Kier molecular flexibility index (Phi) is 5.85. The van der Waals surface area contributed by atoms with Crippen LogP contribution >= 0.6 is 0 Å². The Balaban J connectivity index is 1.87. The molecule has 146 valence electrons. The zero-order valence-electron chi connectivity index (χ0n) is 16.2. The van der Waals surface area contributed by atoms with Gasteiger partial charge < -0.3 is 19.7 Å². The van der Waals surface area contributed by atoms with Gasteiger partial charge in [0.05, 0.1) is 24.5 Å². The highest BCUT2D eigenvalue weighted by atomic mass is 16.5. The Bertz CT molecular complexity index is 791. The lowest BCUT2D eigenvalue weighted by atomic mass is 9.67. The quantitative estimate of drug-likeness (QED) is 0.814. The molecule has 0 radical (unpaired) electrons. The summed E-state index contributed by atoms with van der Waals surface area (Å²) < 4.78 is 10.8. The number of hydrogen-bond donors (Lipinski definition) is 2. The molecule has 0 bridgehead atoms. The van der Waals surface area contributed by atoms with Crippen LogP contribution in [0.1, 0.15) is 60.0 Å². The molecule has 1 aromatic heterocycles. The van der Waals surface area contributed by atoms with Crippen molar-refractivity contribution in [1.29, 1.82) is 0 Å². The summed E-state index contributed by atoms with van der Waals surface area (Å²) >= 11 is 0. The van der Waals surface area contributed by atoms with E-state index in [1.165, 1.54) is 0 Å². The minimum Gasteiger partial charge on any atom is -0.496 e. The van der Waals surface area contributed by atoms with E-state index >= 15 is 0 Å². The highest BCUT2D eigenvalue weighted by Gasteiger charge is 2.41. The number of ether oxygens (including phenoxy) is 1. The summed E-state index contributed by atoms with van der Waals surface area (Å²) in [6.45, 7) is 4.46. The summed E-state index contributed by atoms with van der Waals surface area (Å²) in [4.78, 5) is 12.8. The smallest absolute Gasteiger partial charge is 0.255 e. The molecule has 2 aromatic rings. The van der Waals surface area contributed by atoms with Crippen molar-refractivity contribution in [2.75, 3.05) is 13.7 Å². The molecule has 1 aliphatic rings. The lowest BCUT2D eigenvalue weighted by Gasteiger charge is -2.39. The third-order valence-electron chi connectivity index (χ3n) is 5.65. The van der Waals surface area contributed by atoms with Crippen molar-refractivity contribution in [1.82, 2.24) is 10.5 Å². The molecule has 6 nitrogen and oxygen atoms in total. The first kappa shape index (κ1) is 19.4. The molecular weight excluding hydrogens is 344 g/mol. The molecule has 1 aliphatic carbocycles. The number of amides is 1. The third-order valence-corrected chi connectivity index (χ3v) is 5.65. The summed E-state index contributed by atoms with van der Waals surface area (Å²) in [6, 6.07) is 7.20. The van der Waals surface area contributed by atoms with Crippen LogP contribution < -0.4 is 10.1 Å². The maximum Gasteiger partial charge on any atom is 0.255 e. The number of hydrogen-bond acceptors (Lipinski definition) is 5. The number of carbonyl (C=O) groups is 1. The predicted octanol–water partition coefficient (Wildman–Crippen LogP) is 3.16. The van der Waals surface area contributed by atoms with Gasteiger partial charge in [-0.1, -0.05) is 24.2 Å². The SMILES string of the molecule is CCc1noc(C)c1C1(CNC(=O)c2ccccc2OC)CCC(O)CC1. The van der Waals surface area contributed by atoms with Gasteiger partial charge in [0.2, 0.25) is 0 Å². The number of aryl methyl sites for hydroxylation is 2. The van der Waals surface area contributed by atoms with Crippen molar-refractivity contribution in [2.24, 2.45) is 0 Å². The predicted molar refractivity (Wildman–Crippen MR) is 102 cm³/mol. The fraction of sp³-hybridized carbons (Fsp3) is 0.524. The number of benzene rings is 1. The van der Waals surface area contributed by atoms with Gasteiger partial charge in [0.25, 0.3) is 5.91 Å². The van der Waals surface area contributed by atoms with Crippen molar-refractivity contribution >= 4 is 5.91 Å². The van der Waals surface area contributed by atoms with Crippen LogP contribution in [0, 0.1) is 6.92 Å². The molecule has 6 heteroatoms. The van der Waals surface area contributed by atoms with Crippen LogP contribution in [0.15, 0.2) is 28.8 Å². The largest absolute Gasteiger partial charge is 0.496 e. The summed E-state index contributed by atoms with van der Waals surface area (Å²) in [7, 11) is 1.56. The van der Waals surface area contributed by atoms with E-state index in [2.05, 4.69) is 17.4 Å². The summed E-state index contributed by atoms with van der Waals surface area (Å²) in [5.41, 5.74) is 2.28. The second-order valence-electron chi connectivity index (χ2n) is 7.31. The molecule has 0 unspecified atom stereocenters. The Labute approximate surface area is 159 Å². The molecule has 0 atom stereocenters. The number of aromatic nitrogens is 1. The summed E-state index contributed by atoms with van der Waals surface area (Å²) in [5, 5.41) is 17.3. The summed E-state index contributed by atoms with van der Waals surface area (Å²) in [5.74, 6) is 1.19. The number of methoxy groups -OCH3 is 1. The zero-order valence-corrected chi connectivity index (χ0v) is 16.2. The molecule has 0 aliphatic heterocycles. The Hall–Kier alpha value is -2.34. The number of nitrogens with one attached hydrogen (secondary N) is 1. The topological polar surface area (TPSA) is 84.6 Å². The molecule has 0 saturated heterocycles. The minimum absolute atomic E-state index is 0.162. The highest BCUT2D eigenvalue weighted by Crippen LogP contribution is 2.42.